The lowest BCUT2D eigenvalue weighted by Gasteiger charge is -2.06. The molecule has 1 N–H and O–H groups in total. The van der Waals surface area contributed by atoms with E-state index in [1.54, 1.807) is 0 Å². The second-order valence-corrected chi connectivity index (χ2v) is 3.03. The Bertz CT molecular complexity index is 331. The summed E-state index contributed by atoms with van der Waals surface area (Å²) in [5.74, 6) is 4.08. The lowest BCUT2D eigenvalue weighted by Crippen LogP contribution is -2.04. The molecule has 0 amide bonds. The molecule has 0 unspecified atom stereocenters. The average Bonchev–Trinajstić information content (AvgIpc) is 2.26. The van der Waals surface area contributed by atoms with Crippen LogP contribution in [0.2, 0.25) is 0 Å². The molecular weight excluding hydrogens is 188 g/mol. The number of ether oxygens (including phenoxy) is 1. The van der Waals surface area contributed by atoms with E-state index in [1.165, 1.54) is 0 Å². The number of terminal acetylenes is 1. The summed E-state index contributed by atoms with van der Waals surface area (Å²) in [5.41, 5.74) is 0. The molecule has 0 aliphatic rings. The molecule has 3 heteroatoms. The summed E-state index contributed by atoms with van der Waals surface area (Å²) >= 11 is 0. The molecule has 1 aromatic heterocycles. The number of unbranched alkanes of at least 4 members (excludes halogenated alkanes) is 1. The van der Waals surface area contributed by atoms with E-state index >= 15 is 0 Å². The van der Waals surface area contributed by atoms with Crippen molar-refractivity contribution in [3.05, 3.63) is 18.2 Å². The first kappa shape index (κ1) is 11.4. The van der Waals surface area contributed by atoms with Gasteiger partial charge in [-0.2, -0.15) is 4.98 Å². The Morgan fingerprint density at radius 3 is 3.13 bits per heavy atom. The Morgan fingerprint density at radius 1 is 1.53 bits per heavy atom. The predicted octanol–water partition coefficient (Wildman–Crippen LogP) is 2.31. The summed E-state index contributed by atoms with van der Waals surface area (Å²) in [6, 6.07) is 5.68. The normalized spacial score (nSPS) is 9.33. The molecule has 1 rings (SSSR count). The third-order valence-electron chi connectivity index (χ3n) is 1.82. The molecule has 0 bridgehead atoms. The Morgan fingerprint density at radius 2 is 2.40 bits per heavy atom. The fourth-order valence-electron chi connectivity index (χ4n) is 1.15. The van der Waals surface area contributed by atoms with Crippen LogP contribution in [0.1, 0.15) is 19.8 Å². The minimum absolute atomic E-state index is 0.632. The molecule has 0 aromatic carbocycles. The van der Waals surface area contributed by atoms with Crippen molar-refractivity contribution in [2.75, 3.05) is 18.5 Å². The van der Waals surface area contributed by atoms with Crippen molar-refractivity contribution in [2.45, 2.75) is 19.8 Å². The molecule has 3 nitrogen and oxygen atoms in total. The number of hydrogen-bond acceptors (Lipinski definition) is 3. The van der Waals surface area contributed by atoms with E-state index in [9.17, 15) is 0 Å². The zero-order valence-electron chi connectivity index (χ0n) is 8.99. The zero-order valence-corrected chi connectivity index (χ0v) is 8.99. The van der Waals surface area contributed by atoms with Gasteiger partial charge in [0.25, 0.3) is 0 Å². The van der Waals surface area contributed by atoms with Gasteiger partial charge in [-0.3, -0.25) is 0 Å². The Hall–Kier alpha value is -1.69. The number of aromatic nitrogens is 1. The first-order valence-electron chi connectivity index (χ1n) is 5.14. The molecule has 0 spiro atoms. The van der Waals surface area contributed by atoms with Crippen LogP contribution < -0.4 is 10.1 Å². The van der Waals surface area contributed by atoms with Crippen molar-refractivity contribution in [1.29, 1.82) is 0 Å². The summed E-state index contributed by atoms with van der Waals surface area (Å²) < 4.78 is 5.29. The van der Waals surface area contributed by atoms with Crippen LogP contribution >= 0.6 is 0 Å². The van der Waals surface area contributed by atoms with Crippen LogP contribution in [-0.2, 0) is 0 Å². The number of nitrogens with zero attached hydrogens (tertiary/aromatic N) is 1. The standard InChI is InChI=1S/C12H16N2O/c1-3-5-6-10-13-11-8-7-9-12(14-11)15-4-2/h1,7-9H,4-6,10H2,2H3,(H,13,14). The minimum atomic E-state index is 0.632. The molecule has 0 radical (unpaired) electrons. The van der Waals surface area contributed by atoms with Gasteiger partial charge >= 0.3 is 0 Å². The van der Waals surface area contributed by atoms with Crippen molar-refractivity contribution in [3.63, 3.8) is 0 Å². The fourth-order valence-corrected chi connectivity index (χ4v) is 1.15. The number of pyridine rings is 1. The predicted molar refractivity (Wildman–Crippen MR) is 62.0 cm³/mol. The SMILES string of the molecule is C#CCCCNc1cccc(OCC)n1. The van der Waals surface area contributed by atoms with Gasteiger partial charge in [0.15, 0.2) is 0 Å². The van der Waals surface area contributed by atoms with Crippen molar-refractivity contribution < 1.29 is 4.74 Å². The van der Waals surface area contributed by atoms with E-state index < -0.39 is 0 Å². The number of rotatable bonds is 6. The van der Waals surface area contributed by atoms with E-state index in [4.69, 9.17) is 11.2 Å². The van der Waals surface area contributed by atoms with Gasteiger partial charge in [-0.05, 0) is 19.4 Å². The van der Waals surface area contributed by atoms with Crippen LogP contribution in [0.3, 0.4) is 0 Å². The Labute approximate surface area is 90.9 Å². The maximum Gasteiger partial charge on any atom is 0.215 e. The third-order valence-corrected chi connectivity index (χ3v) is 1.82. The Balaban J connectivity index is 2.40. The van der Waals surface area contributed by atoms with Gasteiger partial charge in [-0.15, -0.1) is 12.3 Å². The molecular formula is C12H16N2O. The van der Waals surface area contributed by atoms with Gasteiger partial charge < -0.3 is 10.1 Å². The molecule has 0 fully saturated rings. The zero-order chi connectivity index (χ0) is 10.9. The van der Waals surface area contributed by atoms with Crippen LogP contribution in [0.5, 0.6) is 5.88 Å². The largest absolute Gasteiger partial charge is 0.478 e. The van der Waals surface area contributed by atoms with Gasteiger partial charge in [-0.1, -0.05) is 6.07 Å². The van der Waals surface area contributed by atoms with Crippen LogP contribution in [-0.4, -0.2) is 18.1 Å². The molecule has 1 heterocycles. The molecule has 0 saturated heterocycles. The first-order valence-corrected chi connectivity index (χ1v) is 5.14. The van der Waals surface area contributed by atoms with Gasteiger partial charge in [0, 0.05) is 19.0 Å². The summed E-state index contributed by atoms with van der Waals surface area (Å²) in [5, 5.41) is 3.19. The first-order chi connectivity index (χ1) is 7.36. The van der Waals surface area contributed by atoms with E-state index in [0.717, 1.165) is 25.2 Å². The van der Waals surface area contributed by atoms with Gasteiger partial charge in [-0.25, -0.2) is 0 Å². The van der Waals surface area contributed by atoms with E-state index in [-0.39, 0.29) is 0 Å². The molecule has 1 aromatic rings. The number of anilines is 1. The molecule has 80 valence electrons. The van der Waals surface area contributed by atoms with Crippen molar-refractivity contribution >= 4 is 5.82 Å². The van der Waals surface area contributed by atoms with Gasteiger partial charge in [0.1, 0.15) is 5.82 Å². The summed E-state index contributed by atoms with van der Waals surface area (Å²) in [4.78, 5) is 4.28. The van der Waals surface area contributed by atoms with Crippen molar-refractivity contribution in [2.24, 2.45) is 0 Å². The Kier molecular flexibility index (Phi) is 5.10. The molecule has 0 saturated carbocycles. The molecule has 15 heavy (non-hydrogen) atoms. The van der Waals surface area contributed by atoms with Crippen molar-refractivity contribution in [1.82, 2.24) is 4.98 Å². The number of nitrogens with one attached hydrogen (secondary N) is 1. The minimum Gasteiger partial charge on any atom is -0.478 e. The van der Waals surface area contributed by atoms with E-state index in [1.807, 2.05) is 25.1 Å². The second-order valence-electron chi connectivity index (χ2n) is 3.03. The van der Waals surface area contributed by atoms with Gasteiger partial charge in [0.05, 0.1) is 6.61 Å². The van der Waals surface area contributed by atoms with Crippen LogP contribution in [0.4, 0.5) is 5.82 Å². The molecule has 0 aliphatic carbocycles. The average molecular weight is 204 g/mol. The highest BCUT2D eigenvalue weighted by molar-refractivity contribution is 5.36. The van der Waals surface area contributed by atoms with Crippen LogP contribution in [0.15, 0.2) is 18.2 Å². The second kappa shape index (κ2) is 6.72. The monoisotopic (exact) mass is 204 g/mol. The lowest BCUT2D eigenvalue weighted by molar-refractivity contribution is 0.327. The highest BCUT2D eigenvalue weighted by Gasteiger charge is 1.96. The highest BCUT2D eigenvalue weighted by Crippen LogP contribution is 2.11. The van der Waals surface area contributed by atoms with Crippen LogP contribution in [0.25, 0.3) is 0 Å². The van der Waals surface area contributed by atoms with E-state index in [0.29, 0.717) is 12.5 Å². The maximum absolute atomic E-state index is 5.29. The quantitative estimate of drug-likeness (QED) is 0.570. The summed E-state index contributed by atoms with van der Waals surface area (Å²) in [6.07, 6.45) is 6.90. The van der Waals surface area contributed by atoms with E-state index in [2.05, 4.69) is 16.2 Å². The lowest BCUT2D eigenvalue weighted by atomic mass is 10.3. The van der Waals surface area contributed by atoms with Gasteiger partial charge in [0.2, 0.25) is 5.88 Å². The van der Waals surface area contributed by atoms with Crippen molar-refractivity contribution in [3.8, 4) is 18.2 Å². The maximum atomic E-state index is 5.29. The fraction of sp³-hybridized carbons (Fsp3) is 0.417. The summed E-state index contributed by atoms with van der Waals surface area (Å²) in [7, 11) is 0. The molecule has 0 aliphatic heterocycles. The third kappa shape index (κ3) is 4.37. The topological polar surface area (TPSA) is 34.1 Å². The van der Waals surface area contributed by atoms with Crippen LogP contribution in [0, 0.1) is 12.3 Å². The number of hydrogen-bond donors (Lipinski definition) is 1. The highest BCUT2D eigenvalue weighted by atomic mass is 16.5. The molecule has 0 atom stereocenters. The summed E-state index contributed by atoms with van der Waals surface area (Å²) in [6.45, 7) is 3.41. The smallest absolute Gasteiger partial charge is 0.215 e.